The van der Waals surface area contributed by atoms with Gasteiger partial charge in [-0.05, 0) is 58.3 Å². The molecule has 2 aliphatic heterocycles. The van der Waals surface area contributed by atoms with Gasteiger partial charge in [0.1, 0.15) is 5.82 Å². The molecule has 158 valence electrons. The molecule has 28 heavy (non-hydrogen) atoms. The van der Waals surface area contributed by atoms with Gasteiger partial charge >= 0.3 is 0 Å². The van der Waals surface area contributed by atoms with Gasteiger partial charge in [-0.15, -0.1) is 0 Å². The SMILES string of the molecule is CC(C)N1CCC(N2CCN(Cc3c(F)ccc(F)c3F)C[C@H]2CCO)CC1. The molecule has 1 N–H and O–H groups in total. The van der Waals surface area contributed by atoms with Crippen LogP contribution in [0.25, 0.3) is 0 Å². The number of halogens is 3. The van der Waals surface area contributed by atoms with Crippen LogP contribution in [0.3, 0.4) is 0 Å². The van der Waals surface area contributed by atoms with Crippen molar-refractivity contribution in [3.63, 3.8) is 0 Å². The van der Waals surface area contributed by atoms with Crippen molar-refractivity contribution < 1.29 is 18.3 Å². The van der Waals surface area contributed by atoms with Gasteiger partial charge in [-0.3, -0.25) is 9.80 Å². The molecule has 2 saturated heterocycles. The average molecular weight is 400 g/mol. The Labute approximate surface area is 165 Å². The van der Waals surface area contributed by atoms with Crippen molar-refractivity contribution in [3.05, 3.63) is 35.1 Å². The summed E-state index contributed by atoms with van der Waals surface area (Å²) in [5, 5.41) is 9.53. The summed E-state index contributed by atoms with van der Waals surface area (Å²) < 4.78 is 41.5. The number of nitrogens with zero attached hydrogens (tertiary/aromatic N) is 3. The standard InChI is InChI=1S/C21H32F3N3O/c1-15(2)26-8-5-16(6-9-26)27-11-10-25(13-17(27)7-12-28)14-18-19(22)3-4-20(23)21(18)24/h3-4,15-17,28H,5-14H2,1-2H3/t17-/m1/s1. The zero-order valence-corrected chi connectivity index (χ0v) is 16.9. The summed E-state index contributed by atoms with van der Waals surface area (Å²) in [7, 11) is 0. The summed E-state index contributed by atoms with van der Waals surface area (Å²) in [5.41, 5.74) is -0.207. The number of benzene rings is 1. The van der Waals surface area contributed by atoms with Gasteiger partial charge in [0.15, 0.2) is 11.6 Å². The minimum absolute atomic E-state index is 0.0526. The van der Waals surface area contributed by atoms with Gasteiger partial charge in [0.2, 0.25) is 0 Å². The molecule has 0 unspecified atom stereocenters. The number of aliphatic hydroxyl groups excluding tert-OH is 1. The minimum atomic E-state index is -1.10. The third-order valence-corrected chi connectivity index (χ3v) is 6.29. The van der Waals surface area contributed by atoms with E-state index in [0.717, 1.165) is 44.6 Å². The summed E-state index contributed by atoms with van der Waals surface area (Å²) in [6, 6.07) is 2.99. The molecule has 7 heteroatoms. The normalized spacial score (nSPS) is 23.6. The van der Waals surface area contributed by atoms with E-state index < -0.39 is 17.5 Å². The Bertz CT molecular complexity index is 650. The van der Waals surface area contributed by atoms with Crippen molar-refractivity contribution in [2.75, 3.05) is 39.3 Å². The lowest BCUT2D eigenvalue weighted by molar-refractivity contribution is -0.000609. The summed E-state index contributed by atoms with van der Waals surface area (Å²) in [5.74, 6) is -2.82. The fraction of sp³-hybridized carbons (Fsp3) is 0.714. The quantitative estimate of drug-likeness (QED) is 0.745. The zero-order valence-electron chi connectivity index (χ0n) is 16.9. The van der Waals surface area contributed by atoms with Crippen molar-refractivity contribution in [3.8, 4) is 0 Å². The van der Waals surface area contributed by atoms with E-state index in [-0.39, 0.29) is 24.8 Å². The van der Waals surface area contributed by atoms with Gasteiger partial charge in [-0.1, -0.05) is 0 Å². The van der Waals surface area contributed by atoms with Crippen molar-refractivity contribution in [2.24, 2.45) is 0 Å². The molecule has 0 bridgehead atoms. The van der Waals surface area contributed by atoms with E-state index in [2.05, 4.69) is 23.6 Å². The molecule has 0 radical (unpaired) electrons. The molecule has 0 spiro atoms. The van der Waals surface area contributed by atoms with Crippen LogP contribution in [0.1, 0.15) is 38.7 Å². The molecule has 4 nitrogen and oxygen atoms in total. The van der Waals surface area contributed by atoms with Crippen molar-refractivity contribution in [2.45, 2.75) is 57.8 Å². The molecule has 0 aromatic heterocycles. The van der Waals surface area contributed by atoms with E-state index in [9.17, 15) is 18.3 Å². The maximum Gasteiger partial charge on any atom is 0.166 e. The molecule has 2 aliphatic rings. The number of hydrogen-bond acceptors (Lipinski definition) is 4. The van der Waals surface area contributed by atoms with E-state index in [1.807, 2.05) is 4.90 Å². The molecule has 1 aromatic rings. The summed E-state index contributed by atoms with van der Waals surface area (Å²) in [4.78, 5) is 6.94. The third-order valence-electron chi connectivity index (χ3n) is 6.29. The highest BCUT2D eigenvalue weighted by molar-refractivity contribution is 5.21. The third kappa shape index (κ3) is 4.87. The first-order valence-electron chi connectivity index (χ1n) is 10.4. The van der Waals surface area contributed by atoms with Crippen LogP contribution in [0, 0.1) is 17.5 Å². The van der Waals surface area contributed by atoms with Crippen LogP contribution < -0.4 is 0 Å². The molecular weight excluding hydrogens is 367 g/mol. The topological polar surface area (TPSA) is 30.0 Å². The first kappa shape index (κ1) is 21.6. The molecule has 2 heterocycles. The lowest BCUT2D eigenvalue weighted by Gasteiger charge is -2.48. The smallest absolute Gasteiger partial charge is 0.166 e. The van der Waals surface area contributed by atoms with E-state index >= 15 is 0 Å². The van der Waals surface area contributed by atoms with Crippen molar-refractivity contribution in [1.29, 1.82) is 0 Å². The first-order chi connectivity index (χ1) is 13.4. The Kier molecular flexibility index (Phi) is 7.36. The van der Waals surface area contributed by atoms with E-state index in [1.54, 1.807) is 0 Å². The predicted octanol–water partition coefficient (Wildman–Crippen LogP) is 2.85. The fourth-order valence-electron chi connectivity index (χ4n) is 4.64. The number of aliphatic hydroxyl groups is 1. The Balaban J connectivity index is 1.64. The maximum absolute atomic E-state index is 14.0. The molecule has 0 saturated carbocycles. The van der Waals surface area contributed by atoms with Gasteiger partial charge in [-0.25, -0.2) is 13.2 Å². The predicted molar refractivity (Wildman–Crippen MR) is 104 cm³/mol. The summed E-state index contributed by atoms with van der Waals surface area (Å²) >= 11 is 0. The molecule has 1 aromatic carbocycles. The van der Waals surface area contributed by atoms with Crippen molar-refractivity contribution in [1.82, 2.24) is 14.7 Å². The second-order valence-corrected chi connectivity index (χ2v) is 8.32. The maximum atomic E-state index is 14.0. The Hall–Kier alpha value is -1.15. The van der Waals surface area contributed by atoms with E-state index in [4.69, 9.17) is 0 Å². The highest BCUT2D eigenvalue weighted by atomic mass is 19.2. The Morgan fingerprint density at radius 1 is 1.04 bits per heavy atom. The van der Waals surface area contributed by atoms with Crippen LogP contribution in [0.4, 0.5) is 13.2 Å². The second-order valence-electron chi connectivity index (χ2n) is 8.32. The Morgan fingerprint density at radius 2 is 1.71 bits per heavy atom. The van der Waals surface area contributed by atoms with Crippen LogP contribution >= 0.6 is 0 Å². The van der Waals surface area contributed by atoms with E-state index in [0.29, 0.717) is 31.6 Å². The lowest BCUT2D eigenvalue weighted by atomic mass is 9.97. The van der Waals surface area contributed by atoms with Gasteiger partial charge in [-0.2, -0.15) is 0 Å². The van der Waals surface area contributed by atoms with Crippen LogP contribution in [0.5, 0.6) is 0 Å². The van der Waals surface area contributed by atoms with Gasteiger partial charge < -0.3 is 10.0 Å². The molecule has 0 aliphatic carbocycles. The largest absolute Gasteiger partial charge is 0.396 e. The lowest BCUT2D eigenvalue weighted by Crippen LogP contribution is -2.58. The minimum Gasteiger partial charge on any atom is -0.396 e. The summed E-state index contributed by atoms with van der Waals surface area (Å²) in [6.45, 7) is 8.84. The summed E-state index contributed by atoms with van der Waals surface area (Å²) in [6.07, 6.45) is 2.84. The highest BCUT2D eigenvalue weighted by Crippen LogP contribution is 2.26. The van der Waals surface area contributed by atoms with Gasteiger partial charge in [0.05, 0.1) is 0 Å². The van der Waals surface area contributed by atoms with Crippen LogP contribution in [0.2, 0.25) is 0 Å². The highest BCUT2D eigenvalue weighted by Gasteiger charge is 2.34. The van der Waals surface area contributed by atoms with Crippen molar-refractivity contribution >= 4 is 0 Å². The van der Waals surface area contributed by atoms with Crippen LogP contribution in [-0.4, -0.2) is 77.3 Å². The van der Waals surface area contributed by atoms with Crippen LogP contribution in [-0.2, 0) is 6.54 Å². The Morgan fingerprint density at radius 3 is 2.36 bits per heavy atom. The van der Waals surface area contributed by atoms with E-state index in [1.165, 1.54) is 0 Å². The zero-order chi connectivity index (χ0) is 20.3. The second kappa shape index (κ2) is 9.57. The fourth-order valence-corrected chi connectivity index (χ4v) is 4.64. The number of rotatable bonds is 6. The number of piperazine rings is 1. The molecule has 0 amide bonds. The molecule has 2 fully saturated rings. The molecular formula is C21H32F3N3O. The molecule has 3 rings (SSSR count). The first-order valence-corrected chi connectivity index (χ1v) is 10.4. The monoisotopic (exact) mass is 399 g/mol. The van der Waals surface area contributed by atoms with Crippen LogP contribution in [0.15, 0.2) is 12.1 Å². The number of piperidine rings is 1. The average Bonchev–Trinajstić information content (AvgIpc) is 2.69. The molecule has 1 atom stereocenters. The number of hydrogen-bond donors (Lipinski definition) is 1. The van der Waals surface area contributed by atoms with Gasteiger partial charge in [0, 0.05) is 56.5 Å². The van der Waals surface area contributed by atoms with Gasteiger partial charge in [0.25, 0.3) is 0 Å². The number of likely N-dealkylation sites (tertiary alicyclic amines) is 1.